The molecule has 2 N–H and O–H groups in total. The molecule has 5 heteroatoms. The van der Waals surface area contributed by atoms with Crippen molar-refractivity contribution in [3.05, 3.63) is 72.9 Å². The van der Waals surface area contributed by atoms with E-state index in [4.69, 9.17) is 0 Å². The Morgan fingerprint density at radius 1 is 0.778 bits per heavy atom. The molecule has 4 rings (SSSR count). The van der Waals surface area contributed by atoms with E-state index < -0.39 is 0 Å². The van der Waals surface area contributed by atoms with Gasteiger partial charge in [0, 0.05) is 21.4 Å². The molecule has 2 aromatic carbocycles. The number of allylic oxidation sites excluding steroid dienone is 1. The summed E-state index contributed by atoms with van der Waals surface area (Å²) in [6.07, 6.45) is 11.3. The van der Waals surface area contributed by atoms with Crippen molar-refractivity contribution in [3.8, 4) is 0 Å². The lowest BCUT2D eigenvalue weighted by Crippen LogP contribution is -2.35. The van der Waals surface area contributed by atoms with E-state index in [1.54, 1.807) is 0 Å². The van der Waals surface area contributed by atoms with Gasteiger partial charge in [-0.2, -0.15) is 0 Å². The third kappa shape index (κ3) is 8.26. The van der Waals surface area contributed by atoms with E-state index in [0.29, 0.717) is 0 Å². The van der Waals surface area contributed by atoms with Crippen molar-refractivity contribution in [3.63, 3.8) is 0 Å². The summed E-state index contributed by atoms with van der Waals surface area (Å²) in [4.78, 5) is 26.4. The number of carbonyl (C=O) groups excluding carboxylic acids is 2. The monoisotopic (exact) mass is 506 g/mol. The minimum atomic E-state index is -0.311. The highest BCUT2D eigenvalue weighted by Gasteiger charge is 2.35. The summed E-state index contributed by atoms with van der Waals surface area (Å²) >= 11 is 1.19. The van der Waals surface area contributed by atoms with Gasteiger partial charge in [-0.3, -0.25) is 9.59 Å². The number of hydrogen-bond acceptors (Lipinski definition) is 4. The van der Waals surface area contributed by atoms with Crippen LogP contribution in [0.5, 0.6) is 0 Å². The fourth-order valence-corrected chi connectivity index (χ4v) is 5.83. The van der Waals surface area contributed by atoms with Gasteiger partial charge >= 0.3 is 0 Å². The van der Waals surface area contributed by atoms with Gasteiger partial charge in [0.05, 0.1) is 12.2 Å². The summed E-state index contributed by atoms with van der Waals surface area (Å²) in [6, 6.07) is 19.6. The largest absolute Gasteiger partial charge is 0.380 e. The molecular formula is C31H42N2O2S. The normalized spacial score (nSPS) is 18.2. The third-order valence-electron chi connectivity index (χ3n) is 7.66. The highest BCUT2D eigenvalue weighted by atomic mass is 32.2. The minimum absolute atomic E-state index is 0.0288. The molecule has 0 atom stereocenters. The molecule has 0 heterocycles. The van der Waals surface area contributed by atoms with Crippen molar-refractivity contribution >= 4 is 28.5 Å². The first-order valence-corrected chi connectivity index (χ1v) is 14.2. The summed E-state index contributed by atoms with van der Waals surface area (Å²) in [5, 5.41) is 6.41. The highest BCUT2D eigenvalue weighted by molar-refractivity contribution is 8.13. The SMILES string of the molecule is C=C(NCC(=O)Sc1ccccc1NC(=O)C1(C)CCCCC1)C1(C)CCCCC1.c1ccccc1. The Bertz CT molecular complexity index is 966. The van der Waals surface area contributed by atoms with E-state index in [0.717, 1.165) is 54.8 Å². The lowest BCUT2D eigenvalue weighted by Gasteiger charge is -2.35. The van der Waals surface area contributed by atoms with Crippen molar-refractivity contribution in [1.82, 2.24) is 5.32 Å². The Morgan fingerprint density at radius 2 is 1.28 bits per heavy atom. The van der Waals surface area contributed by atoms with E-state index in [9.17, 15) is 9.59 Å². The number of benzene rings is 2. The first kappa shape index (κ1) is 28.0. The third-order valence-corrected chi connectivity index (χ3v) is 8.61. The van der Waals surface area contributed by atoms with Crippen LogP contribution in [0.4, 0.5) is 5.69 Å². The molecule has 0 aliphatic heterocycles. The zero-order valence-electron chi connectivity index (χ0n) is 22.0. The number of carbonyl (C=O) groups is 2. The number of rotatable bonds is 7. The molecule has 194 valence electrons. The number of para-hydroxylation sites is 1. The molecule has 2 saturated carbocycles. The summed E-state index contributed by atoms with van der Waals surface area (Å²) in [5.41, 5.74) is 1.48. The van der Waals surface area contributed by atoms with Crippen LogP contribution in [0, 0.1) is 10.8 Å². The molecule has 36 heavy (non-hydrogen) atoms. The maximum Gasteiger partial charge on any atom is 0.230 e. The molecular weight excluding hydrogens is 464 g/mol. The molecule has 0 spiro atoms. The summed E-state index contributed by atoms with van der Waals surface area (Å²) in [7, 11) is 0. The predicted molar refractivity (Wildman–Crippen MR) is 152 cm³/mol. The molecule has 0 saturated heterocycles. The van der Waals surface area contributed by atoms with Crippen molar-refractivity contribution in [1.29, 1.82) is 0 Å². The van der Waals surface area contributed by atoms with Gasteiger partial charge < -0.3 is 10.6 Å². The van der Waals surface area contributed by atoms with Crippen LogP contribution in [-0.2, 0) is 9.59 Å². The molecule has 0 radical (unpaired) electrons. The summed E-state index contributed by atoms with van der Waals surface area (Å²) < 4.78 is 0. The summed E-state index contributed by atoms with van der Waals surface area (Å²) in [5.74, 6) is 0.0689. The molecule has 4 nitrogen and oxygen atoms in total. The molecule has 1 amide bonds. The number of hydrogen-bond donors (Lipinski definition) is 2. The van der Waals surface area contributed by atoms with E-state index in [2.05, 4.69) is 31.1 Å². The first-order chi connectivity index (χ1) is 17.3. The van der Waals surface area contributed by atoms with E-state index in [1.807, 2.05) is 60.7 Å². The van der Waals surface area contributed by atoms with Crippen molar-refractivity contribution < 1.29 is 9.59 Å². The molecule has 0 bridgehead atoms. The maximum atomic E-state index is 12.9. The Balaban J connectivity index is 0.000000526. The van der Waals surface area contributed by atoms with E-state index in [1.165, 1.54) is 37.4 Å². The average Bonchev–Trinajstić information content (AvgIpc) is 2.90. The summed E-state index contributed by atoms with van der Waals surface area (Å²) in [6.45, 7) is 8.77. The van der Waals surface area contributed by atoms with Gasteiger partial charge in [0.1, 0.15) is 0 Å². The minimum Gasteiger partial charge on any atom is -0.380 e. The zero-order chi connectivity index (χ0) is 25.9. The smallest absolute Gasteiger partial charge is 0.230 e. The van der Waals surface area contributed by atoms with Gasteiger partial charge in [-0.25, -0.2) is 0 Å². The van der Waals surface area contributed by atoms with Gasteiger partial charge in [-0.05, 0) is 49.6 Å². The molecule has 2 aromatic rings. The highest BCUT2D eigenvalue weighted by Crippen LogP contribution is 2.40. The van der Waals surface area contributed by atoms with Crippen molar-refractivity contribution in [2.24, 2.45) is 10.8 Å². The average molecular weight is 507 g/mol. The van der Waals surface area contributed by atoms with Crippen LogP contribution < -0.4 is 10.6 Å². The van der Waals surface area contributed by atoms with Crippen molar-refractivity contribution in [2.75, 3.05) is 11.9 Å². The van der Waals surface area contributed by atoms with Crippen LogP contribution in [0.2, 0.25) is 0 Å². The number of nitrogens with one attached hydrogen (secondary N) is 2. The van der Waals surface area contributed by atoms with Gasteiger partial charge in [-0.15, -0.1) is 0 Å². The van der Waals surface area contributed by atoms with Crippen LogP contribution in [0.1, 0.15) is 78.1 Å². The number of thioether (sulfide) groups is 1. The number of amides is 1. The second kappa shape index (κ2) is 13.7. The van der Waals surface area contributed by atoms with Gasteiger partial charge in [-0.1, -0.05) is 107 Å². The van der Waals surface area contributed by atoms with Gasteiger partial charge in [0.15, 0.2) is 0 Å². The van der Waals surface area contributed by atoms with E-state index in [-0.39, 0.29) is 28.4 Å². The lowest BCUT2D eigenvalue weighted by molar-refractivity contribution is -0.126. The number of anilines is 1. The van der Waals surface area contributed by atoms with Crippen LogP contribution in [0.3, 0.4) is 0 Å². The van der Waals surface area contributed by atoms with Crippen LogP contribution in [-0.4, -0.2) is 17.6 Å². The quantitative estimate of drug-likeness (QED) is 0.374. The second-order valence-electron chi connectivity index (χ2n) is 10.7. The topological polar surface area (TPSA) is 58.2 Å². The molecule has 2 aliphatic carbocycles. The Kier molecular flexibility index (Phi) is 10.7. The predicted octanol–water partition coefficient (Wildman–Crippen LogP) is 7.97. The first-order valence-electron chi connectivity index (χ1n) is 13.4. The van der Waals surface area contributed by atoms with Gasteiger partial charge in [0.25, 0.3) is 0 Å². The second-order valence-corrected chi connectivity index (χ2v) is 11.8. The van der Waals surface area contributed by atoms with Crippen LogP contribution in [0.15, 0.2) is 77.8 Å². The molecule has 2 fully saturated rings. The van der Waals surface area contributed by atoms with Gasteiger partial charge in [0.2, 0.25) is 11.0 Å². The standard InChI is InChI=1S/C25H36N2O2S.C6H6/c1-19(24(2)14-8-4-9-15-24)26-18-22(28)30-21-13-7-6-12-20(21)27-23(29)25(3)16-10-5-11-17-25;1-2-4-6-5-3-1/h6-7,12-13,26H,1,4-5,8-11,14-18H2,2-3H3,(H,27,29);1-6H. The fraction of sp³-hybridized carbons (Fsp3) is 0.484. The zero-order valence-corrected chi connectivity index (χ0v) is 22.8. The van der Waals surface area contributed by atoms with Crippen molar-refractivity contribution in [2.45, 2.75) is 83.0 Å². The maximum absolute atomic E-state index is 12.9. The molecule has 2 aliphatic rings. The molecule has 0 unspecified atom stereocenters. The van der Waals surface area contributed by atoms with Crippen LogP contribution in [0.25, 0.3) is 0 Å². The fourth-order valence-electron chi connectivity index (χ4n) is 5.06. The Labute approximate surface area is 221 Å². The Hall–Kier alpha value is -2.53. The van der Waals surface area contributed by atoms with E-state index >= 15 is 0 Å². The molecule has 0 aromatic heterocycles. The lowest BCUT2D eigenvalue weighted by atomic mass is 9.73. The van der Waals surface area contributed by atoms with Crippen LogP contribution >= 0.6 is 11.8 Å². The Morgan fingerprint density at radius 3 is 1.83 bits per heavy atom.